The molecule has 1 unspecified atom stereocenters. The van der Waals surface area contributed by atoms with Crippen molar-refractivity contribution in [2.45, 2.75) is 6.54 Å². The van der Waals surface area contributed by atoms with Crippen LogP contribution in [0.2, 0.25) is 0 Å². The second-order valence-electron chi connectivity index (χ2n) is 6.55. The van der Waals surface area contributed by atoms with E-state index in [1.807, 2.05) is 0 Å². The quantitative estimate of drug-likeness (QED) is 0.383. The molecule has 12 nitrogen and oxygen atoms in total. The first-order chi connectivity index (χ1) is 14.7. The first-order valence-electron chi connectivity index (χ1n) is 8.81. The van der Waals surface area contributed by atoms with Crippen molar-refractivity contribution in [2.24, 2.45) is 10.5 Å². The van der Waals surface area contributed by atoms with Crippen molar-refractivity contribution in [3.63, 3.8) is 0 Å². The molecule has 0 aliphatic carbocycles. The third-order valence-electron chi connectivity index (χ3n) is 4.33. The number of furan rings is 1. The summed E-state index contributed by atoms with van der Waals surface area (Å²) in [5.74, 6) is -1.36. The van der Waals surface area contributed by atoms with E-state index >= 15 is 0 Å². The van der Waals surface area contributed by atoms with Crippen LogP contribution in [0.25, 0.3) is 0 Å². The summed E-state index contributed by atoms with van der Waals surface area (Å²) in [5.41, 5.74) is 4.83. The van der Waals surface area contributed by atoms with Gasteiger partial charge in [0.15, 0.2) is 18.2 Å². The second kappa shape index (κ2) is 7.74. The van der Waals surface area contributed by atoms with E-state index in [2.05, 4.69) is 15.2 Å². The van der Waals surface area contributed by atoms with E-state index in [0.29, 0.717) is 5.56 Å². The van der Waals surface area contributed by atoms with Crippen LogP contribution in [-0.2, 0) is 15.9 Å². The molecule has 1 amide bonds. The number of hydrogen-bond donors (Lipinski definition) is 4. The van der Waals surface area contributed by atoms with Crippen molar-refractivity contribution in [1.29, 1.82) is 0 Å². The molecule has 3 heterocycles. The van der Waals surface area contributed by atoms with E-state index in [1.54, 1.807) is 6.07 Å². The Kier molecular flexibility index (Phi) is 5.09. The topological polar surface area (TPSA) is 182 Å². The van der Waals surface area contributed by atoms with Gasteiger partial charge in [-0.15, -0.1) is 0 Å². The van der Waals surface area contributed by atoms with Gasteiger partial charge in [0.05, 0.1) is 36.3 Å². The first-order valence-corrected chi connectivity index (χ1v) is 10.4. The molecule has 3 aromatic rings. The van der Waals surface area contributed by atoms with Crippen LogP contribution in [0.3, 0.4) is 0 Å². The number of carbonyl (C=O) groups is 1. The number of primary amides is 1. The molecule has 0 saturated heterocycles. The monoisotopic (exact) mass is 445 g/mol. The molecule has 1 aliphatic heterocycles. The largest absolute Gasteiger partial charge is 0.505 e. The van der Waals surface area contributed by atoms with Crippen LogP contribution < -0.4 is 26.7 Å². The van der Waals surface area contributed by atoms with Crippen molar-refractivity contribution >= 4 is 30.3 Å². The molecule has 160 valence electrons. The summed E-state index contributed by atoms with van der Waals surface area (Å²) in [7, 11) is -4.35. The predicted molar refractivity (Wildman–Crippen MR) is 109 cm³/mol. The van der Waals surface area contributed by atoms with Crippen molar-refractivity contribution in [3.05, 3.63) is 64.5 Å². The highest BCUT2D eigenvalue weighted by atomic mass is 31.2. The molecule has 5 N–H and O–H groups in total. The molecule has 1 atom stereocenters. The Balaban J connectivity index is 1.72. The number of nitrogens with zero attached hydrogens (tertiary/aromatic N) is 3. The summed E-state index contributed by atoms with van der Waals surface area (Å²) in [4.78, 5) is 34.2. The van der Waals surface area contributed by atoms with Gasteiger partial charge in [-0.3, -0.25) is 14.2 Å². The number of aromatic hydroxyl groups is 1. The Labute approximate surface area is 174 Å². The van der Waals surface area contributed by atoms with Gasteiger partial charge in [0.25, 0.3) is 11.5 Å². The van der Waals surface area contributed by atoms with Gasteiger partial charge in [-0.05, 0) is 24.3 Å². The Hall–Kier alpha value is -3.89. The molecule has 1 aromatic carbocycles. The minimum atomic E-state index is -4.35. The molecular weight excluding hydrogens is 429 g/mol. The number of hydrogen-bond acceptors (Lipinski definition) is 8. The highest BCUT2D eigenvalue weighted by molar-refractivity contribution is 7.65. The number of nitrogens with two attached hydrogens (primary N) is 1. The SMILES string of the molecule is NC(=O)COc1ccc2c(c1)P(=O)(O)N=C(c1c(O)cnn(Cc3ccoc3)c1=O)N2. The van der Waals surface area contributed by atoms with Crippen LogP contribution in [0.1, 0.15) is 11.1 Å². The van der Waals surface area contributed by atoms with E-state index in [1.165, 1.54) is 30.7 Å². The summed E-state index contributed by atoms with van der Waals surface area (Å²) < 4.78 is 27.8. The van der Waals surface area contributed by atoms with Gasteiger partial charge in [-0.1, -0.05) is 0 Å². The van der Waals surface area contributed by atoms with Crippen LogP contribution in [0.5, 0.6) is 11.5 Å². The fraction of sp³-hybridized carbons (Fsp3) is 0.111. The second-order valence-corrected chi connectivity index (χ2v) is 8.32. The number of anilines is 1. The maximum absolute atomic E-state index is 12.9. The van der Waals surface area contributed by atoms with Crippen LogP contribution in [-0.4, -0.2) is 38.1 Å². The lowest BCUT2D eigenvalue weighted by Crippen LogP contribution is -2.34. The van der Waals surface area contributed by atoms with Crippen LogP contribution in [0, 0.1) is 0 Å². The number of nitrogens with one attached hydrogen (secondary N) is 1. The zero-order chi connectivity index (χ0) is 22.2. The lowest BCUT2D eigenvalue weighted by Gasteiger charge is -2.22. The number of benzene rings is 1. The van der Waals surface area contributed by atoms with E-state index in [0.717, 1.165) is 10.9 Å². The van der Waals surface area contributed by atoms with Crippen LogP contribution in [0.4, 0.5) is 5.69 Å². The summed E-state index contributed by atoms with van der Waals surface area (Å²) in [5, 5.41) is 16.8. The molecule has 31 heavy (non-hydrogen) atoms. The molecule has 1 aliphatic rings. The Bertz CT molecular complexity index is 1300. The van der Waals surface area contributed by atoms with E-state index in [4.69, 9.17) is 14.9 Å². The number of amides is 1. The molecular formula is C18H16N5O7P. The highest BCUT2D eigenvalue weighted by Crippen LogP contribution is 2.47. The predicted octanol–water partition coefficient (Wildman–Crippen LogP) is 0.137. The van der Waals surface area contributed by atoms with Crippen molar-refractivity contribution in [2.75, 3.05) is 11.9 Å². The molecule has 2 aromatic heterocycles. The van der Waals surface area contributed by atoms with Gasteiger partial charge in [-0.2, -0.15) is 9.86 Å². The average molecular weight is 445 g/mol. The molecule has 4 rings (SSSR count). The van der Waals surface area contributed by atoms with E-state index < -0.39 is 31.3 Å². The fourth-order valence-corrected chi connectivity index (χ4v) is 4.20. The first kappa shape index (κ1) is 20.4. The molecule has 13 heteroatoms. The highest BCUT2D eigenvalue weighted by Gasteiger charge is 2.33. The summed E-state index contributed by atoms with van der Waals surface area (Å²) >= 11 is 0. The molecule has 0 saturated carbocycles. The number of fused-ring (bicyclic) bond motifs is 1. The van der Waals surface area contributed by atoms with E-state index in [9.17, 15) is 24.2 Å². The number of rotatable bonds is 6. The lowest BCUT2D eigenvalue weighted by atomic mass is 10.2. The fourth-order valence-electron chi connectivity index (χ4n) is 2.93. The maximum Gasteiger partial charge on any atom is 0.346 e. The van der Waals surface area contributed by atoms with E-state index in [-0.39, 0.29) is 34.7 Å². The lowest BCUT2D eigenvalue weighted by molar-refractivity contribution is -0.119. The van der Waals surface area contributed by atoms with Crippen molar-refractivity contribution < 1.29 is 28.5 Å². The van der Waals surface area contributed by atoms with Crippen molar-refractivity contribution in [1.82, 2.24) is 9.78 Å². The number of aromatic nitrogens is 2. The minimum Gasteiger partial charge on any atom is -0.505 e. The Morgan fingerprint density at radius 3 is 2.87 bits per heavy atom. The Morgan fingerprint density at radius 1 is 1.35 bits per heavy atom. The molecule has 0 radical (unpaired) electrons. The zero-order valence-corrected chi connectivity index (χ0v) is 16.7. The average Bonchev–Trinajstić information content (AvgIpc) is 3.21. The zero-order valence-electron chi connectivity index (χ0n) is 15.8. The normalized spacial score (nSPS) is 17.4. The minimum absolute atomic E-state index is 0.0594. The van der Waals surface area contributed by atoms with Crippen molar-refractivity contribution in [3.8, 4) is 11.5 Å². The summed E-state index contributed by atoms with van der Waals surface area (Å²) in [6, 6.07) is 5.76. The molecule has 0 spiro atoms. The molecule has 0 fully saturated rings. The number of carbonyl (C=O) groups excluding carboxylic acids is 1. The summed E-state index contributed by atoms with van der Waals surface area (Å²) in [6.07, 6.45) is 3.92. The van der Waals surface area contributed by atoms with Crippen LogP contribution in [0.15, 0.2) is 57.0 Å². The van der Waals surface area contributed by atoms with Gasteiger partial charge < -0.3 is 30.2 Å². The van der Waals surface area contributed by atoms with Gasteiger partial charge in [0, 0.05) is 5.56 Å². The van der Waals surface area contributed by atoms with Gasteiger partial charge in [-0.25, -0.2) is 4.68 Å². The maximum atomic E-state index is 12.9. The smallest absolute Gasteiger partial charge is 0.346 e. The van der Waals surface area contributed by atoms with Gasteiger partial charge in [0.2, 0.25) is 0 Å². The number of ether oxygens (including phenoxy) is 1. The number of amidine groups is 1. The third-order valence-corrected chi connectivity index (χ3v) is 5.79. The Morgan fingerprint density at radius 2 is 2.16 bits per heavy atom. The third kappa shape index (κ3) is 4.06. The molecule has 0 bridgehead atoms. The van der Waals surface area contributed by atoms with Gasteiger partial charge in [0.1, 0.15) is 11.3 Å². The summed E-state index contributed by atoms with van der Waals surface area (Å²) in [6.45, 7) is -0.346. The van der Waals surface area contributed by atoms with Gasteiger partial charge >= 0.3 is 7.52 Å². The van der Waals surface area contributed by atoms with Crippen LogP contribution >= 0.6 is 7.52 Å². The standard InChI is InChI=1S/C18H16N5O7P/c19-15(25)9-30-11-1-2-12-14(5-11)31(27,28)22-17(21-12)16-13(24)6-20-23(18(16)26)7-10-3-4-29-8-10/h1-6,8,24H,7,9H2,(H2,19,25)(H2,21,22,27,28).